The Morgan fingerprint density at radius 2 is 1.95 bits per heavy atom. The fourth-order valence-electron chi connectivity index (χ4n) is 1.98. The molecule has 0 saturated carbocycles. The van der Waals surface area contributed by atoms with Crippen LogP contribution in [0.5, 0.6) is 0 Å². The molecule has 0 fully saturated rings. The van der Waals surface area contributed by atoms with Crippen LogP contribution in [0.3, 0.4) is 0 Å². The van der Waals surface area contributed by atoms with Gasteiger partial charge in [-0.15, -0.1) is 11.3 Å². The Morgan fingerprint density at radius 1 is 1.20 bits per heavy atom. The van der Waals surface area contributed by atoms with Gasteiger partial charge in [-0.3, -0.25) is 0 Å². The molecule has 1 N–H and O–H groups in total. The number of ether oxygens (including phenoxy) is 1. The van der Waals surface area contributed by atoms with Gasteiger partial charge in [-0.25, -0.2) is 0 Å². The van der Waals surface area contributed by atoms with Gasteiger partial charge in [0, 0.05) is 28.4 Å². The fourth-order valence-corrected chi connectivity index (χ4v) is 2.97. The summed E-state index contributed by atoms with van der Waals surface area (Å²) in [4.78, 5) is 2.80. The van der Waals surface area contributed by atoms with Crippen molar-refractivity contribution in [2.24, 2.45) is 0 Å². The predicted molar refractivity (Wildman–Crippen MR) is 89.4 cm³/mol. The molecule has 0 spiro atoms. The molecule has 20 heavy (non-hydrogen) atoms. The van der Waals surface area contributed by atoms with Crippen LogP contribution in [0, 0.1) is 6.92 Å². The van der Waals surface area contributed by atoms with E-state index in [0.29, 0.717) is 0 Å². The molecule has 0 amide bonds. The minimum atomic E-state index is 0.174. The SMILES string of the molecule is CCCCCCOCc1cc(CNC(C)(C)C)sc1C. The van der Waals surface area contributed by atoms with Crippen molar-refractivity contribution in [1.29, 1.82) is 0 Å². The molecule has 0 aromatic carbocycles. The molecular weight excluding hydrogens is 266 g/mol. The van der Waals surface area contributed by atoms with Crippen LogP contribution in [0.2, 0.25) is 0 Å². The molecule has 0 unspecified atom stereocenters. The van der Waals surface area contributed by atoms with E-state index in [1.807, 2.05) is 11.3 Å². The van der Waals surface area contributed by atoms with Gasteiger partial charge in [0.2, 0.25) is 0 Å². The van der Waals surface area contributed by atoms with Crippen molar-refractivity contribution < 1.29 is 4.74 Å². The largest absolute Gasteiger partial charge is 0.377 e. The van der Waals surface area contributed by atoms with Gasteiger partial charge in [-0.1, -0.05) is 26.2 Å². The van der Waals surface area contributed by atoms with Gasteiger partial charge in [0.15, 0.2) is 0 Å². The first-order valence-electron chi connectivity index (χ1n) is 7.83. The first-order valence-corrected chi connectivity index (χ1v) is 8.65. The summed E-state index contributed by atoms with van der Waals surface area (Å²) >= 11 is 1.88. The van der Waals surface area contributed by atoms with E-state index in [4.69, 9.17) is 4.74 Å². The van der Waals surface area contributed by atoms with Gasteiger partial charge in [0.1, 0.15) is 0 Å². The van der Waals surface area contributed by atoms with E-state index in [1.165, 1.54) is 41.0 Å². The summed E-state index contributed by atoms with van der Waals surface area (Å²) in [6, 6.07) is 2.30. The highest BCUT2D eigenvalue weighted by atomic mass is 32.1. The first-order chi connectivity index (χ1) is 9.42. The lowest BCUT2D eigenvalue weighted by molar-refractivity contribution is 0.116. The van der Waals surface area contributed by atoms with Crippen LogP contribution in [0.25, 0.3) is 0 Å². The Kier molecular flexibility index (Phi) is 7.78. The molecule has 1 heterocycles. The van der Waals surface area contributed by atoms with Gasteiger partial charge < -0.3 is 10.1 Å². The molecule has 0 radical (unpaired) electrons. The molecule has 116 valence electrons. The van der Waals surface area contributed by atoms with Crippen molar-refractivity contribution in [2.75, 3.05) is 6.61 Å². The Hall–Kier alpha value is -0.380. The average Bonchev–Trinajstić information content (AvgIpc) is 2.71. The fraction of sp³-hybridized carbons (Fsp3) is 0.765. The molecular formula is C17H31NOS. The van der Waals surface area contributed by atoms with E-state index >= 15 is 0 Å². The maximum absolute atomic E-state index is 5.79. The van der Waals surface area contributed by atoms with Crippen molar-refractivity contribution in [3.8, 4) is 0 Å². The van der Waals surface area contributed by atoms with Crippen LogP contribution in [-0.2, 0) is 17.9 Å². The Balaban J connectivity index is 2.30. The second-order valence-electron chi connectivity index (χ2n) is 6.51. The van der Waals surface area contributed by atoms with Crippen molar-refractivity contribution in [1.82, 2.24) is 5.32 Å². The summed E-state index contributed by atoms with van der Waals surface area (Å²) < 4.78 is 5.79. The summed E-state index contributed by atoms with van der Waals surface area (Å²) in [7, 11) is 0. The molecule has 1 aromatic heterocycles. The number of hydrogen-bond acceptors (Lipinski definition) is 3. The topological polar surface area (TPSA) is 21.3 Å². The van der Waals surface area contributed by atoms with Gasteiger partial charge in [-0.2, -0.15) is 0 Å². The van der Waals surface area contributed by atoms with Crippen LogP contribution >= 0.6 is 11.3 Å². The summed E-state index contributed by atoms with van der Waals surface area (Å²) in [5, 5.41) is 3.54. The van der Waals surface area contributed by atoms with E-state index in [-0.39, 0.29) is 5.54 Å². The number of hydrogen-bond donors (Lipinski definition) is 1. The molecule has 0 bridgehead atoms. The molecule has 0 aliphatic rings. The second-order valence-corrected chi connectivity index (χ2v) is 7.85. The van der Waals surface area contributed by atoms with Gasteiger partial charge in [0.25, 0.3) is 0 Å². The Bertz CT molecular complexity index is 379. The molecule has 2 nitrogen and oxygen atoms in total. The Morgan fingerprint density at radius 3 is 2.60 bits per heavy atom. The third-order valence-corrected chi connectivity index (χ3v) is 4.36. The lowest BCUT2D eigenvalue weighted by Crippen LogP contribution is -2.34. The van der Waals surface area contributed by atoms with Gasteiger partial charge in [-0.05, 0) is 45.7 Å². The van der Waals surface area contributed by atoms with E-state index in [2.05, 4.69) is 46.0 Å². The highest BCUT2D eigenvalue weighted by molar-refractivity contribution is 7.12. The molecule has 0 aliphatic carbocycles. The minimum absolute atomic E-state index is 0.174. The molecule has 3 heteroatoms. The number of aryl methyl sites for hydroxylation is 1. The van der Waals surface area contributed by atoms with Gasteiger partial charge >= 0.3 is 0 Å². The lowest BCUT2D eigenvalue weighted by Gasteiger charge is -2.19. The van der Waals surface area contributed by atoms with Crippen molar-refractivity contribution in [3.05, 3.63) is 21.4 Å². The highest BCUT2D eigenvalue weighted by Crippen LogP contribution is 2.23. The van der Waals surface area contributed by atoms with Crippen molar-refractivity contribution in [2.45, 2.75) is 79.0 Å². The van der Waals surface area contributed by atoms with E-state index in [1.54, 1.807) is 0 Å². The number of nitrogens with one attached hydrogen (secondary N) is 1. The van der Waals surface area contributed by atoms with Crippen molar-refractivity contribution in [3.63, 3.8) is 0 Å². The monoisotopic (exact) mass is 297 g/mol. The van der Waals surface area contributed by atoms with Crippen LogP contribution in [0.4, 0.5) is 0 Å². The van der Waals surface area contributed by atoms with Crippen molar-refractivity contribution >= 4 is 11.3 Å². The zero-order chi connectivity index (χ0) is 15.0. The third-order valence-electron chi connectivity index (χ3n) is 3.26. The van der Waals surface area contributed by atoms with Gasteiger partial charge in [0.05, 0.1) is 6.61 Å². The zero-order valence-corrected chi connectivity index (χ0v) is 14.7. The number of unbranched alkanes of at least 4 members (excludes halogenated alkanes) is 3. The number of rotatable bonds is 9. The maximum atomic E-state index is 5.79. The summed E-state index contributed by atoms with van der Waals surface area (Å²) in [6.07, 6.45) is 5.09. The first kappa shape index (κ1) is 17.7. The predicted octanol–water partition coefficient (Wildman–Crippen LogP) is 5.04. The van der Waals surface area contributed by atoms with Crippen LogP contribution in [0.15, 0.2) is 6.07 Å². The minimum Gasteiger partial charge on any atom is -0.377 e. The normalized spacial score (nSPS) is 12.1. The molecule has 1 aromatic rings. The van der Waals surface area contributed by atoms with Crippen LogP contribution in [-0.4, -0.2) is 12.1 Å². The van der Waals surface area contributed by atoms with E-state index in [9.17, 15) is 0 Å². The third kappa shape index (κ3) is 7.41. The maximum Gasteiger partial charge on any atom is 0.0727 e. The number of thiophene rings is 1. The standard InChI is InChI=1S/C17H31NOS/c1-6-7-8-9-10-19-13-15-11-16(20-14(15)2)12-18-17(3,4)5/h11,18H,6-10,12-13H2,1-5H3. The molecule has 0 aliphatic heterocycles. The second kappa shape index (κ2) is 8.81. The summed E-state index contributed by atoms with van der Waals surface area (Å²) in [5.41, 5.74) is 1.53. The molecule has 0 atom stereocenters. The average molecular weight is 298 g/mol. The smallest absolute Gasteiger partial charge is 0.0727 e. The summed E-state index contributed by atoms with van der Waals surface area (Å²) in [6.45, 7) is 13.7. The molecule has 1 rings (SSSR count). The van der Waals surface area contributed by atoms with E-state index in [0.717, 1.165) is 19.8 Å². The lowest BCUT2D eigenvalue weighted by atomic mass is 10.1. The quantitative estimate of drug-likeness (QED) is 0.645. The van der Waals surface area contributed by atoms with E-state index < -0.39 is 0 Å². The van der Waals surface area contributed by atoms with Crippen LogP contribution in [0.1, 0.15) is 68.7 Å². The zero-order valence-electron chi connectivity index (χ0n) is 13.8. The molecule has 0 saturated heterocycles. The Labute approximate surface area is 128 Å². The summed E-state index contributed by atoms with van der Waals surface area (Å²) in [5.74, 6) is 0. The highest BCUT2D eigenvalue weighted by Gasteiger charge is 2.11. The van der Waals surface area contributed by atoms with Crippen LogP contribution < -0.4 is 5.32 Å².